The number of rotatable bonds is 4. The van der Waals surface area contributed by atoms with Crippen LogP contribution in [0.4, 0.5) is 4.39 Å². The molecule has 2 aromatic carbocycles. The van der Waals surface area contributed by atoms with Crippen LogP contribution in [0, 0.1) is 11.7 Å². The van der Waals surface area contributed by atoms with Crippen LogP contribution in [0.2, 0.25) is 0 Å². The Balaban J connectivity index is 1.87. The number of halogens is 1. The van der Waals surface area contributed by atoms with Crippen molar-refractivity contribution >= 4 is 11.9 Å². The number of carboxylic acids is 1. The molecule has 0 aromatic heterocycles. The van der Waals surface area contributed by atoms with Crippen molar-refractivity contribution < 1.29 is 19.1 Å². The number of aliphatic carboxylic acids is 1. The van der Waals surface area contributed by atoms with Crippen molar-refractivity contribution in [3.05, 3.63) is 71.5 Å². The molecule has 26 heavy (non-hydrogen) atoms. The number of carbonyl (C=O) groups excluding carboxylic acids is 1. The van der Waals surface area contributed by atoms with Crippen LogP contribution in [-0.2, 0) is 15.0 Å². The van der Waals surface area contributed by atoms with Gasteiger partial charge in [0.1, 0.15) is 5.82 Å². The maximum absolute atomic E-state index is 13.6. The monoisotopic (exact) mass is 355 g/mol. The molecule has 5 heteroatoms. The molecule has 0 bridgehead atoms. The van der Waals surface area contributed by atoms with E-state index < -0.39 is 23.1 Å². The van der Waals surface area contributed by atoms with Gasteiger partial charge in [0.05, 0.1) is 11.3 Å². The number of amides is 1. The van der Waals surface area contributed by atoms with Crippen LogP contribution >= 0.6 is 0 Å². The highest BCUT2D eigenvalue weighted by atomic mass is 19.1. The molecule has 1 aliphatic rings. The molecule has 4 nitrogen and oxygen atoms in total. The Bertz CT molecular complexity index is 819. The van der Waals surface area contributed by atoms with E-state index in [9.17, 15) is 19.1 Å². The molecule has 2 aromatic rings. The summed E-state index contributed by atoms with van der Waals surface area (Å²) in [5, 5.41) is 9.61. The highest BCUT2D eigenvalue weighted by Crippen LogP contribution is 2.36. The quantitative estimate of drug-likeness (QED) is 0.914. The first kappa shape index (κ1) is 18.1. The van der Waals surface area contributed by atoms with E-state index in [4.69, 9.17) is 0 Å². The summed E-state index contributed by atoms with van der Waals surface area (Å²) in [7, 11) is 0. The van der Waals surface area contributed by atoms with Crippen LogP contribution in [0.25, 0.3) is 0 Å². The largest absolute Gasteiger partial charge is 0.481 e. The van der Waals surface area contributed by atoms with Gasteiger partial charge in [0.2, 0.25) is 5.91 Å². The number of likely N-dealkylation sites (tertiary alicyclic amines) is 1. The van der Waals surface area contributed by atoms with Crippen LogP contribution in [0.5, 0.6) is 0 Å². The predicted molar refractivity (Wildman–Crippen MR) is 96.3 cm³/mol. The van der Waals surface area contributed by atoms with Gasteiger partial charge >= 0.3 is 5.97 Å². The van der Waals surface area contributed by atoms with Gasteiger partial charge in [0.15, 0.2) is 0 Å². The van der Waals surface area contributed by atoms with Crippen molar-refractivity contribution in [2.75, 3.05) is 13.1 Å². The third-order valence-corrected chi connectivity index (χ3v) is 5.23. The number of hydrogen-bond donors (Lipinski definition) is 1. The van der Waals surface area contributed by atoms with Crippen molar-refractivity contribution in [3.8, 4) is 0 Å². The minimum absolute atomic E-state index is 0.159. The van der Waals surface area contributed by atoms with Crippen LogP contribution in [0.15, 0.2) is 54.6 Å². The Kier molecular flexibility index (Phi) is 4.81. The number of nitrogens with zero attached hydrogens (tertiary/aromatic N) is 1. The van der Waals surface area contributed by atoms with Gasteiger partial charge in [-0.05, 0) is 37.1 Å². The van der Waals surface area contributed by atoms with Crippen LogP contribution in [0.3, 0.4) is 0 Å². The second kappa shape index (κ2) is 6.90. The lowest BCUT2D eigenvalue weighted by atomic mass is 9.83. The molecule has 2 atom stereocenters. The third-order valence-electron chi connectivity index (χ3n) is 5.23. The SMILES string of the molecule is CC(C)(C(=O)N1CC(C(=O)O)C(c2ccccc2)C1)c1cccc(F)c1. The van der Waals surface area contributed by atoms with Gasteiger partial charge in [0, 0.05) is 19.0 Å². The Morgan fingerprint density at radius 3 is 2.38 bits per heavy atom. The first-order valence-electron chi connectivity index (χ1n) is 8.64. The minimum atomic E-state index is -0.934. The van der Waals surface area contributed by atoms with E-state index in [0.29, 0.717) is 12.1 Å². The molecule has 0 radical (unpaired) electrons. The summed E-state index contributed by atoms with van der Waals surface area (Å²) in [4.78, 5) is 26.5. The van der Waals surface area contributed by atoms with E-state index in [0.717, 1.165) is 5.56 Å². The van der Waals surface area contributed by atoms with E-state index in [-0.39, 0.29) is 18.4 Å². The fourth-order valence-electron chi connectivity index (χ4n) is 3.65. The fraction of sp³-hybridized carbons (Fsp3) is 0.333. The summed E-state index contributed by atoms with van der Waals surface area (Å²) >= 11 is 0. The molecule has 136 valence electrons. The van der Waals surface area contributed by atoms with Gasteiger partial charge in [-0.25, -0.2) is 4.39 Å². The average molecular weight is 355 g/mol. The van der Waals surface area contributed by atoms with Crippen LogP contribution in [0.1, 0.15) is 30.9 Å². The van der Waals surface area contributed by atoms with Crippen molar-refractivity contribution in [1.29, 1.82) is 0 Å². The molecule has 1 heterocycles. The van der Waals surface area contributed by atoms with Crippen LogP contribution in [-0.4, -0.2) is 35.0 Å². The molecule has 1 aliphatic heterocycles. The first-order chi connectivity index (χ1) is 12.3. The first-order valence-corrected chi connectivity index (χ1v) is 8.64. The molecule has 0 spiro atoms. The lowest BCUT2D eigenvalue weighted by molar-refractivity contribution is -0.142. The van der Waals surface area contributed by atoms with Crippen molar-refractivity contribution in [2.45, 2.75) is 25.2 Å². The second-order valence-electron chi connectivity index (χ2n) is 7.31. The molecular weight excluding hydrogens is 333 g/mol. The molecule has 1 amide bonds. The van der Waals surface area contributed by atoms with E-state index >= 15 is 0 Å². The normalized spacial score (nSPS) is 20.2. The summed E-state index contributed by atoms with van der Waals surface area (Å²) in [6, 6.07) is 15.4. The number of hydrogen-bond acceptors (Lipinski definition) is 2. The molecule has 3 rings (SSSR count). The number of carbonyl (C=O) groups is 2. The van der Waals surface area contributed by atoms with Gasteiger partial charge in [-0.1, -0.05) is 42.5 Å². The molecule has 1 fully saturated rings. The Morgan fingerprint density at radius 2 is 1.77 bits per heavy atom. The number of carboxylic acid groups (broad SMARTS) is 1. The zero-order valence-electron chi connectivity index (χ0n) is 14.9. The van der Waals surface area contributed by atoms with Crippen molar-refractivity contribution in [1.82, 2.24) is 4.90 Å². The predicted octanol–water partition coefficient (Wildman–Crippen LogP) is 3.43. The fourth-order valence-corrected chi connectivity index (χ4v) is 3.65. The summed E-state index contributed by atoms with van der Waals surface area (Å²) in [5.74, 6) is -2.38. The third kappa shape index (κ3) is 3.34. The summed E-state index contributed by atoms with van der Waals surface area (Å²) in [6.45, 7) is 4.00. The molecule has 2 unspecified atom stereocenters. The molecule has 0 saturated carbocycles. The molecular formula is C21H22FNO3. The lowest BCUT2D eigenvalue weighted by Gasteiger charge is -2.30. The smallest absolute Gasteiger partial charge is 0.308 e. The van der Waals surface area contributed by atoms with Crippen LogP contribution < -0.4 is 0 Å². The van der Waals surface area contributed by atoms with Gasteiger partial charge in [-0.15, -0.1) is 0 Å². The van der Waals surface area contributed by atoms with Gasteiger partial charge in [-0.3, -0.25) is 9.59 Å². The molecule has 1 saturated heterocycles. The summed E-state index contributed by atoms with van der Waals surface area (Å²) in [6.07, 6.45) is 0. The van der Waals surface area contributed by atoms with Gasteiger partial charge in [-0.2, -0.15) is 0 Å². The summed E-state index contributed by atoms with van der Waals surface area (Å²) in [5.41, 5.74) is 0.563. The highest BCUT2D eigenvalue weighted by molar-refractivity contribution is 5.88. The zero-order chi connectivity index (χ0) is 18.9. The average Bonchev–Trinajstić information content (AvgIpc) is 3.07. The lowest BCUT2D eigenvalue weighted by Crippen LogP contribution is -2.42. The van der Waals surface area contributed by atoms with E-state index in [1.807, 2.05) is 30.3 Å². The minimum Gasteiger partial charge on any atom is -0.481 e. The van der Waals surface area contributed by atoms with E-state index in [1.165, 1.54) is 12.1 Å². The van der Waals surface area contributed by atoms with Crippen molar-refractivity contribution in [2.24, 2.45) is 5.92 Å². The van der Waals surface area contributed by atoms with Gasteiger partial charge < -0.3 is 10.0 Å². The second-order valence-corrected chi connectivity index (χ2v) is 7.31. The number of benzene rings is 2. The summed E-state index contributed by atoms with van der Waals surface area (Å²) < 4.78 is 13.6. The maximum Gasteiger partial charge on any atom is 0.308 e. The van der Waals surface area contributed by atoms with Crippen molar-refractivity contribution in [3.63, 3.8) is 0 Å². The zero-order valence-corrected chi connectivity index (χ0v) is 14.9. The molecule has 0 aliphatic carbocycles. The van der Waals surface area contributed by atoms with E-state index in [2.05, 4.69) is 0 Å². The Hall–Kier alpha value is -2.69. The van der Waals surface area contributed by atoms with E-state index in [1.54, 1.807) is 30.9 Å². The van der Waals surface area contributed by atoms with Gasteiger partial charge in [0.25, 0.3) is 0 Å². The Morgan fingerprint density at radius 1 is 1.08 bits per heavy atom. The highest BCUT2D eigenvalue weighted by Gasteiger charge is 2.44. The topological polar surface area (TPSA) is 57.6 Å². The Labute approximate surface area is 152 Å². The molecule has 1 N–H and O–H groups in total. The standard InChI is InChI=1S/C21H22FNO3/c1-21(2,15-9-6-10-16(22)11-15)20(26)23-12-17(18(13-23)19(24)25)14-7-4-3-5-8-14/h3-11,17-18H,12-13H2,1-2H3,(H,24,25). The maximum atomic E-state index is 13.6.